The van der Waals surface area contributed by atoms with Crippen molar-refractivity contribution >= 4 is 16.6 Å². The number of nitrogens with one attached hydrogen (secondary N) is 1. The molecule has 1 N–H and O–H groups in total. The molecule has 1 aromatic heterocycles. The van der Waals surface area contributed by atoms with Crippen LogP contribution in [0.25, 0.3) is 10.8 Å². The van der Waals surface area contributed by atoms with Crippen LogP contribution in [0.2, 0.25) is 0 Å². The van der Waals surface area contributed by atoms with E-state index in [2.05, 4.69) is 34.6 Å². The number of benzene rings is 2. The van der Waals surface area contributed by atoms with Crippen LogP contribution >= 0.6 is 0 Å². The summed E-state index contributed by atoms with van der Waals surface area (Å²) < 4.78 is 7.57. The maximum atomic E-state index is 12.3. The van der Waals surface area contributed by atoms with Gasteiger partial charge in [0.25, 0.3) is 5.56 Å². The molecule has 0 spiro atoms. The summed E-state index contributed by atoms with van der Waals surface area (Å²) in [6, 6.07) is 12.4. The van der Waals surface area contributed by atoms with Gasteiger partial charge in [0.05, 0.1) is 12.6 Å². The molecule has 4 rings (SSSR count). The van der Waals surface area contributed by atoms with E-state index in [9.17, 15) is 4.79 Å². The Hall–Kier alpha value is -2.82. The first kappa shape index (κ1) is 14.8. The first-order valence-corrected chi connectivity index (χ1v) is 8.16. The van der Waals surface area contributed by atoms with Gasteiger partial charge in [0, 0.05) is 30.4 Å². The molecule has 122 valence electrons. The van der Waals surface area contributed by atoms with Crippen molar-refractivity contribution in [2.24, 2.45) is 7.05 Å². The number of aromatic nitrogens is 2. The molecular weight excluding hydrogens is 302 g/mol. The maximum Gasteiger partial charge on any atom is 0.293 e. The minimum Gasteiger partial charge on any atom is -0.493 e. The fraction of sp³-hybridized carbons (Fsp3) is 0.263. The number of aryl methyl sites for hydroxylation is 1. The molecule has 0 aliphatic carbocycles. The van der Waals surface area contributed by atoms with Crippen molar-refractivity contribution in [3.8, 4) is 5.75 Å². The zero-order valence-electron chi connectivity index (χ0n) is 13.5. The van der Waals surface area contributed by atoms with Crippen LogP contribution in [0.5, 0.6) is 5.75 Å². The molecule has 5 nitrogen and oxygen atoms in total. The Labute approximate surface area is 139 Å². The number of rotatable bonds is 2. The summed E-state index contributed by atoms with van der Waals surface area (Å²) in [5.74, 6) is 1.29. The van der Waals surface area contributed by atoms with E-state index in [4.69, 9.17) is 4.74 Å². The van der Waals surface area contributed by atoms with Gasteiger partial charge in [-0.3, -0.25) is 4.79 Å². The second-order valence-corrected chi connectivity index (χ2v) is 6.08. The van der Waals surface area contributed by atoms with Gasteiger partial charge in [0.2, 0.25) is 0 Å². The van der Waals surface area contributed by atoms with E-state index >= 15 is 0 Å². The lowest BCUT2D eigenvalue weighted by molar-refractivity contribution is 0.320. The van der Waals surface area contributed by atoms with Crippen LogP contribution in [0.1, 0.15) is 24.4 Å². The van der Waals surface area contributed by atoms with E-state index in [0.29, 0.717) is 12.4 Å². The van der Waals surface area contributed by atoms with Crippen LogP contribution in [0, 0.1) is 0 Å². The summed E-state index contributed by atoms with van der Waals surface area (Å²) in [7, 11) is 1.73. The third kappa shape index (κ3) is 2.52. The minimum atomic E-state index is -0.120. The molecule has 2 aromatic carbocycles. The molecule has 24 heavy (non-hydrogen) atoms. The number of hydrogen-bond donors (Lipinski definition) is 1. The Bertz CT molecular complexity index is 949. The summed E-state index contributed by atoms with van der Waals surface area (Å²) in [5.41, 5.74) is 0.962. The molecule has 3 aromatic rings. The van der Waals surface area contributed by atoms with Crippen LogP contribution < -0.4 is 15.6 Å². The second-order valence-electron chi connectivity index (χ2n) is 6.08. The van der Waals surface area contributed by atoms with Gasteiger partial charge < -0.3 is 14.6 Å². The van der Waals surface area contributed by atoms with Gasteiger partial charge in [-0.2, -0.15) is 0 Å². The Morgan fingerprint density at radius 1 is 1.25 bits per heavy atom. The molecule has 1 aliphatic rings. The third-order valence-corrected chi connectivity index (χ3v) is 4.50. The highest BCUT2D eigenvalue weighted by Crippen LogP contribution is 2.38. The zero-order valence-corrected chi connectivity index (χ0v) is 13.5. The SMILES string of the molecule is Cn1ccnc(NC2CCCOc3c2ccc2ccccc32)c1=O. The van der Waals surface area contributed by atoms with Gasteiger partial charge in [0.15, 0.2) is 5.82 Å². The molecule has 0 saturated carbocycles. The molecule has 2 heterocycles. The summed E-state index contributed by atoms with van der Waals surface area (Å²) in [4.78, 5) is 16.5. The van der Waals surface area contributed by atoms with Crippen molar-refractivity contribution in [1.82, 2.24) is 9.55 Å². The van der Waals surface area contributed by atoms with E-state index in [1.165, 1.54) is 4.57 Å². The van der Waals surface area contributed by atoms with Gasteiger partial charge in [-0.1, -0.05) is 36.4 Å². The number of ether oxygens (including phenoxy) is 1. The number of fused-ring (bicyclic) bond motifs is 3. The van der Waals surface area contributed by atoms with Crippen LogP contribution in [-0.2, 0) is 7.05 Å². The summed E-state index contributed by atoms with van der Waals surface area (Å²) in [6.45, 7) is 0.680. The fourth-order valence-electron chi connectivity index (χ4n) is 3.22. The average molecular weight is 321 g/mol. The Kier molecular flexibility index (Phi) is 3.69. The summed E-state index contributed by atoms with van der Waals surface area (Å²) in [6.07, 6.45) is 5.11. The first-order valence-electron chi connectivity index (χ1n) is 8.16. The molecule has 0 fully saturated rings. The van der Waals surface area contributed by atoms with Crippen LogP contribution in [-0.4, -0.2) is 16.2 Å². The topological polar surface area (TPSA) is 56.1 Å². The molecular formula is C19H19N3O2. The Morgan fingerprint density at radius 3 is 3.04 bits per heavy atom. The standard InChI is InChI=1S/C19H19N3O2/c1-22-11-10-20-18(19(22)23)21-16-7-4-12-24-17-14-6-3-2-5-13(14)8-9-15(16)17/h2-3,5-6,8-11,16H,4,7,12H2,1H3,(H,20,21). The van der Waals surface area contributed by atoms with E-state index in [1.807, 2.05) is 12.1 Å². The normalized spacial score (nSPS) is 17.0. The van der Waals surface area contributed by atoms with Gasteiger partial charge >= 0.3 is 0 Å². The lowest BCUT2D eigenvalue weighted by Gasteiger charge is -2.20. The van der Waals surface area contributed by atoms with E-state index in [1.54, 1.807) is 19.4 Å². The zero-order chi connectivity index (χ0) is 16.5. The summed E-state index contributed by atoms with van der Waals surface area (Å²) >= 11 is 0. The predicted octanol–water partition coefficient (Wildman–Crippen LogP) is 3.26. The lowest BCUT2D eigenvalue weighted by atomic mass is 9.98. The van der Waals surface area contributed by atoms with Gasteiger partial charge in [-0.05, 0) is 18.2 Å². The van der Waals surface area contributed by atoms with E-state index < -0.39 is 0 Å². The highest BCUT2D eigenvalue weighted by molar-refractivity contribution is 5.90. The smallest absolute Gasteiger partial charge is 0.293 e. The van der Waals surface area contributed by atoms with Crippen molar-refractivity contribution in [1.29, 1.82) is 0 Å². The molecule has 1 atom stereocenters. The Balaban J connectivity index is 1.80. The monoisotopic (exact) mass is 321 g/mol. The number of hydrogen-bond acceptors (Lipinski definition) is 4. The van der Waals surface area contributed by atoms with Gasteiger partial charge in [-0.15, -0.1) is 0 Å². The lowest BCUT2D eigenvalue weighted by Crippen LogP contribution is -2.24. The van der Waals surface area contributed by atoms with Crippen molar-refractivity contribution in [3.63, 3.8) is 0 Å². The largest absolute Gasteiger partial charge is 0.493 e. The molecule has 5 heteroatoms. The molecule has 0 saturated heterocycles. The number of anilines is 1. The third-order valence-electron chi connectivity index (χ3n) is 4.50. The molecule has 0 amide bonds. The van der Waals surface area contributed by atoms with Crippen molar-refractivity contribution in [2.75, 3.05) is 11.9 Å². The van der Waals surface area contributed by atoms with E-state index in [-0.39, 0.29) is 11.6 Å². The average Bonchev–Trinajstić information content (AvgIpc) is 2.81. The quantitative estimate of drug-likeness (QED) is 0.787. The maximum absolute atomic E-state index is 12.3. The van der Waals surface area contributed by atoms with E-state index in [0.717, 1.165) is 34.9 Å². The van der Waals surface area contributed by atoms with Gasteiger partial charge in [0.1, 0.15) is 5.75 Å². The van der Waals surface area contributed by atoms with Gasteiger partial charge in [-0.25, -0.2) is 4.98 Å². The highest BCUT2D eigenvalue weighted by Gasteiger charge is 2.22. The highest BCUT2D eigenvalue weighted by atomic mass is 16.5. The molecule has 1 unspecified atom stereocenters. The molecule has 0 bridgehead atoms. The first-order chi connectivity index (χ1) is 11.7. The molecule has 0 radical (unpaired) electrons. The fourth-order valence-corrected chi connectivity index (χ4v) is 3.22. The number of nitrogens with zero attached hydrogens (tertiary/aromatic N) is 2. The van der Waals surface area contributed by atoms with Crippen molar-refractivity contribution in [2.45, 2.75) is 18.9 Å². The van der Waals surface area contributed by atoms with Crippen LogP contribution in [0.15, 0.2) is 53.6 Å². The molecule has 1 aliphatic heterocycles. The van der Waals surface area contributed by atoms with Crippen LogP contribution in [0.3, 0.4) is 0 Å². The van der Waals surface area contributed by atoms with Crippen LogP contribution in [0.4, 0.5) is 5.82 Å². The Morgan fingerprint density at radius 2 is 2.12 bits per heavy atom. The van der Waals surface area contributed by atoms with Crippen molar-refractivity contribution < 1.29 is 4.74 Å². The second kappa shape index (κ2) is 6.00. The predicted molar refractivity (Wildman–Crippen MR) is 94.5 cm³/mol. The van der Waals surface area contributed by atoms with Crippen molar-refractivity contribution in [3.05, 3.63) is 64.7 Å². The summed E-state index contributed by atoms with van der Waals surface area (Å²) in [5, 5.41) is 5.59. The minimum absolute atomic E-state index is 0.00899.